The number of carbonyl (C=O) groups excluding carboxylic acids is 1. The summed E-state index contributed by atoms with van der Waals surface area (Å²) in [4.78, 5) is 18.3. The Morgan fingerprint density at radius 1 is 1.23 bits per heavy atom. The number of likely N-dealkylation sites (tertiary alicyclic amines) is 1. The van der Waals surface area contributed by atoms with Crippen molar-refractivity contribution in [3.05, 3.63) is 0 Å². The molecule has 0 unspecified atom stereocenters. The molecule has 2 aliphatic rings. The molecule has 0 radical (unpaired) electrons. The maximum atomic E-state index is 11.8. The summed E-state index contributed by atoms with van der Waals surface area (Å²) in [5, 5.41) is 5.98. The summed E-state index contributed by atoms with van der Waals surface area (Å²) >= 11 is 0. The van der Waals surface area contributed by atoms with E-state index in [-0.39, 0.29) is 35.6 Å². The number of amides is 1. The van der Waals surface area contributed by atoms with Crippen LogP contribution in [0.1, 0.15) is 32.6 Å². The van der Waals surface area contributed by atoms with Gasteiger partial charge in [-0.1, -0.05) is 0 Å². The molecular weight excluding hydrogens is 469 g/mol. The number of halogens is 1. The molecule has 0 saturated carbocycles. The van der Waals surface area contributed by atoms with Crippen molar-refractivity contribution < 1.29 is 13.2 Å². The van der Waals surface area contributed by atoms with E-state index in [2.05, 4.69) is 20.5 Å². The Morgan fingerprint density at radius 3 is 2.46 bits per heavy atom. The van der Waals surface area contributed by atoms with E-state index in [4.69, 9.17) is 0 Å². The first-order valence-corrected chi connectivity index (χ1v) is 10.8. The molecule has 0 aromatic rings. The van der Waals surface area contributed by atoms with Crippen molar-refractivity contribution in [3.63, 3.8) is 0 Å². The fraction of sp³-hybridized carbons (Fsp3) is 0.875. The van der Waals surface area contributed by atoms with Crippen molar-refractivity contribution in [1.82, 2.24) is 19.8 Å². The van der Waals surface area contributed by atoms with Crippen LogP contribution in [0.5, 0.6) is 0 Å². The number of carbonyl (C=O) groups is 1. The van der Waals surface area contributed by atoms with Gasteiger partial charge in [0, 0.05) is 46.2 Å². The zero-order chi connectivity index (χ0) is 18.3. The van der Waals surface area contributed by atoms with Crippen molar-refractivity contribution in [2.24, 2.45) is 10.9 Å². The Kier molecular flexibility index (Phi) is 10.2. The van der Waals surface area contributed by atoms with E-state index in [9.17, 15) is 13.2 Å². The van der Waals surface area contributed by atoms with Crippen molar-refractivity contribution in [2.45, 2.75) is 32.6 Å². The number of guanidine groups is 1. The number of rotatable bonds is 6. The Hall–Kier alpha value is -0.620. The highest BCUT2D eigenvalue weighted by atomic mass is 127. The molecule has 10 heteroatoms. The first-order valence-electron chi connectivity index (χ1n) is 9.18. The molecule has 0 spiro atoms. The number of nitrogens with one attached hydrogen (secondary N) is 2. The molecule has 2 N–H and O–H groups in total. The van der Waals surface area contributed by atoms with Gasteiger partial charge in [-0.05, 0) is 32.1 Å². The summed E-state index contributed by atoms with van der Waals surface area (Å²) in [6.07, 6.45) is 3.24. The van der Waals surface area contributed by atoms with Crippen LogP contribution in [0.4, 0.5) is 0 Å². The third-order valence-electron chi connectivity index (χ3n) is 4.82. The maximum absolute atomic E-state index is 11.8. The SMILES string of the molecule is CCNC(=NCCN1CCCS1(=O)=O)N1CCC(CC(=O)NC)CC1.I. The number of piperidine rings is 1. The largest absolute Gasteiger partial charge is 0.359 e. The second-order valence-electron chi connectivity index (χ2n) is 6.61. The summed E-state index contributed by atoms with van der Waals surface area (Å²) in [6, 6.07) is 0. The molecule has 2 aliphatic heterocycles. The minimum absolute atomic E-state index is 0. The molecule has 2 heterocycles. The molecule has 1 amide bonds. The van der Waals surface area contributed by atoms with Gasteiger partial charge in [0.25, 0.3) is 0 Å². The first kappa shape index (κ1) is 23.4. The van der Waals surface area contributed by atoms with E-state index in [1.807, 2.05) is 6.92 Å². The average Bonchev–Trinajstić information content (AvgIpc) is 2.93. The van der Waals surface area contributed by atoms with Gasteiger partial charge < -0.3 is 15.5 Å². The van der Waals surface area contributed by atoms with E-state index < -0.39 is 10.0 Å². The van der Waals surface area contributed by atoms with Gasteiger partial charge >= 0.3 is 0 Å². The van der Waals surface area contributed by atoms with Crippen LogP contribution < -0.4 is 10.6 Å². The van der Waals surface area contributed by atoms with Crippen LogP contribution in [0, 0.1) is 5.92 Å². The molecule has 152 valence electrons. The fourth-order valence-electron chi connectivity index (χ4n) is 3.35. The highest BCUT2D eigenvalue weighted by Crippen LogP contribution is 2.20. The lowest BCUT2D eigenvalue weighted by Crippen LogP contribution is -2.46. The lowest BCUT2D eigenvalue weighted by Gasteiger charge is -2.34. The predicted octanol–water partition coefficient (Wildman–Crippen LogP) is 0.454. The normalized spacial score (nSPS) is 21.3. The molecule has 0 bridgehead atoms. The molecular formula is C16H32IN5O3S. The molecule has 8 nitrogen and oxygen atoms in total. The highest BCUT2D eigenvalue weighted by molar-refractivity contribution is 14.0. The number of sulfonamides is 1. The van der Waals surface area contributed by atoms with Gasteiger partial charge in [0.15, 0.2) is 5.96 Å². The van der Waals surface area contributed by atoms with E-state index in [1.165, 1.54) is 4.31 Å². The van der Waals surface area contributed by atoms with Crippen molar-refractivity contribution in [2.75, 3.05) is 52.1 Å². The van der Waals surface area contributed by atoms with Gasteiger partial charge in [-0.2, -0.15) is 0 Å². The van der Waals surface area contributed by atoms with Crippen LogP contribution in [0.3, 0.4) is 0 Å². The van der Waals surface area contributed by atoms with Crippen LogP contribution in [0.25, 0.3) is 0 Å². The topological polar surface area (TPSA) is 94.1 Å². The van der Waals surface area contributed by atoms with Crippen LogP contribution >= 0.6 is 24.0 Å². The second-order valence-corrected chi connectivity index (χ2v) is 8.70. The Morgan fingerprint density at radius 2 is 1.92 bits per heavy atom. The minimum atomic E-state index is -3.05. The monoisotopic (exact) mass is 501 g/mol. The third kappa shape index (κ3) is 6.84. The summed E-state index contributed by atoms with van der Waals surface area (Å²) in [5.74, 6) is 1.63. The minimum Gasteiger partial charge on any atom is -0.359 e. The molecule has 2 saturated heterocycles. The second kappa shape index (κ2) is 11.3. The Labute approximate surface area is 174 Å². The number of hydrogen-bond acceptors (Lipinski definition) is 4. The zero-order valence-corrected chi connectivity index (χ0v) is 18.9. The van der Waals surface area contributed by atoms with Crippen molar-refractivity contribution in [3.8, 4) is 0 Å². The number of hydrogen-bond donors (Lipinski definition) is 2. The van der Waals surface area contributed by atoms with Gasteiger partial charge in [0.2, 0.25) is 15.9 Å². The quantitative estimate of drug-likeness (QED) is 0.313. The molecule has 0 aromatic heterocycles. The standard InChI is InChI=1S/C16H31N5O3S.HI/c1-3-18-16(19-7-11-21-8-4-12-25(21,23)24)20-9-5-14(6-10-20)13-15(22)17-2;/h14H,3-13H2,1-2H3,(H,17,22)(H,18,19);1H. The molecule has 2 rings (SSSR count). The Bertz CT molecular complexity index is 576. The van der Waals surface area contributed by atoms with Gasteiger partial charge in [-0.25, -0.2) is 12.7 Å². The van der Waals surface area contributed by atoms with Crippen LogP contribution in [-0.4, -0.2) is 81.6 Å². The maximum Gasteiger partial charge on any atom is 0.220 e. The summed E-state index contributed by atoms with van der Waals surface area (Å²) in [7, 11) is -1.38. The van der Waals surface area contributed by atoms with Gasteiger partial charge in [-0.3, -0.25) is 9.79 Å². The lowest BCUT2D eigenvalue weighted by atomic mass is 9.93. The number of nitrogens with zero attached hydrogens (tertiary/aromatic N) is 3. The van der Waals surface area contributed by atoms with E-state index in [0.29, 0.717) is 38.4 Å². The predicted molar refractivity (Wildman–Crippen MR) is 114 cm³/mol. The van der Waals surface area contributed by atoms with Gasteiger partial charge in [-0.15, -0.1) is 24.0 Å². The fourth-order valence-corrected chi connectivity index (χ4v) is 4.87. The summed E-state index contributed by atoms with van der Waals surface area (Å²) in [5.41, 5.74) is 0. The zero-order valence-electron chi connectivity index (χ0n) is 15.7. The van der Waals surface area contributed by atoms with E-state index in [1.54, 1.807) is 7.05 Å². The molecule has 0 aliphatic carbocycles. The third-order valence-corrected chi connectivity index (χ3v) is 6.77. The van der Waals surface area contributed by atoms with Crippen molar-refractivity contribution in [1.29, 1.82) is 0 Å². The summed E-state index contributed by atoms with van der Waals surface area (Å²) < 4.78 is 25.2. The molecule has 2 fully saturated rings. The number of aliphatic imine (C=N–C) groups is 1. The Balaban J connectivity index is 0.00000338. The highest BCUT2D eigenvalue weighted by Gasteiger charge is 2.27. The van der Waals surface area contributed by atoms with Crippen LogP contribution in [0.2, 0.25) is 0 Å². The first-order chi connectivity index (χ1) is 12.0. The van der Waals surface area contributed by atoms with Gasteiger partial charge in [0.1, 0.15) is 0 Å². The van der Waals surface area contributed by atoms with Crippen LogP contribution in [-0.2, 0) is 14.8 Å². The van der Waals surface area contributed by atoms with Gasteiger partial charge in [0.05, 0.1) is 12.3 Å². The smallest absolute Gasteiger partial charge is 0.220 e. The molecule has 0 atom stereocenters. The lowest BCUT2D eigenvalue weighted by molar-refractivity contribution is -0.121. The van der Waals surface area contributed by atoms with Crippen LogP contribution in [0.15, 0.2) is 4.99 Å². The van der Waals surface area contributed by atoms with Crippen molar-refractivity contribution >= 4 is 45.9 Å². The average molecular weight is 501 g/mol. The molecule has 0 aromatic carbocycles. The molecule has 26 heavy (non-hydrogen) atoms. The summed E-state index contributed by atoms with van der Waals surface area (Å²) in [6.45, 7) is 6.08. The van der Waals surface area contributed by atoms with E-state index in [0.717, 1.165) is 38.4 Å². The van der Waals surface area contributed by atoms with E-state index >= 15 is 0 Å².